The molecule has 5 heteroatoms. The molecule has 0 radical (unpaired) electrons. The van der Waals surface area contributed by atoms with Crippen LogP contribution in [0.15, 0.2) is 42.7 Å². The lowest BCUT2D eigenvalue weighted by molar-refractivity contribution is -0.138. The number of rotatable bonds is 6. The molecule has 0 saturated heterocycles. The number of nitrogens with one attached hydrogen (secondary N) is 1. The molecule has 1 unspecified atom stereocenters. The highest BCUT2D eigenvalue weighted by atomic mass is 16.4. The van der Waals surface area contributed by atoms with Crippen LogP contribution < -0.4 is 5.32 Å². The molecule has 0 saturated carbocycles. The second kappa shape index (κ2) is 6.04. The maximum absolute atomic E-state index is 11.4. The molecular weight excluding hydrogens is 242 g/mol. The number of aromatic nitrogens is 2. The number of anilines is 1. The zero-order valence-electron chi connectivity index (χ0n) is 10.8. The van der Waals surface area contributed by atoms with Crippen LogP contribution >= 0.6 is 0 Å². The largest absolute Gasteiger partial charge is 0.479 e. The average molecular weight is 259 g/mol. The highest BCUT2D eigenvalue weighted by Gasteiger charge is 2.21. The van der Waals surface area contributed by atoms with Gasteiger partial charge in [-0.15, -0.1) is 0 Å². The second-order valence-corrected chi connectivity index (χ2v) is 4.32. The van der Waals surface area contributed by atoms with Gasteiger partial charge in [-0.25, -0.2) is 4.79 Å². The third-order valence-electron chi connectivity index (χ3n) is 2.77. The minimum Gasteiger partial charge on any atom is -0.479 e. The van der Waals surface area contributed by atoms with Gasteiger partial charge in [0.1, 0.15) is 0 Å². The van der Waals surface area contributed by atoms with Crippen molar-refractivity contribution < 1.29 is 9.90 Å². The van der Waals surface area contributed by atoms with Crippen LogP contribution in [-0.4, -0.2) is 20.9 Å². The van der Waals surface area contributed by atoms with Gasteiger partial charge < -0.3 is 10.4 Å². The zero-order valence-corrected chi connectivity index (χ0v) is 10.8. The number of hydrogen-bond acceptors (Lipinski definition) is 3. The first kappa shape index (κ1) is 13.1. The predicted molar refractivity (Wildman–Crippen MR) is 73.0 cm³/mol. The second-order valence-electron chi connectivity index (χ2n) is 4.32. The highest BCUT2D eigenvalue weighted by molar-refractivity contribution is 5.79. The van der Waals surface area contributed by atoms with Crippen molar-refractivity contribution in [3.63, 3.8) is 0 Å². The molecule has 1 aromatic heterocycles. The van der Waals surface area contributed by atoms with Gasteiger partial charge in [0, 0.05) is 24.0 Å². The zero-order chi connectivity index (χ0) is 13.7. The Morgan fingerprint density at radius 2 is 2.16 bits per heavy atom. The van der Waals surface area contributed by atoms with Crippen LogP contribution in [0.2, 0.25) is 0 Å². The third-order valence-corrected chi connectivity index (χ3v) is 2.77. The minimum absolute atomic E-state index is 0.657. The number of hydrogen-bond donors (Lipinski definition) is 2. The van der Waals surface area contributed by atoms with Crippen LogP contribution in [0.25, 0.3) is 0 Å². The van der Waals surface area contributed by atoms with Gasteiger partial charge in [-0.1, -0.05) is 25.1 Å². The van der Waals surface area contributed by atoms with Crippen molar-refractivity contribution in [2.24, 2.45) is 0 Å². The molecule has 1 heterocycles. The van der Waals surface area contributed by atoms with E-state index < -0.39 is 12.0 Å². The van der Waals surface area contributed by atoms with Crippen molar-refractivity contribution in [3.05, 3.63) is 48.3 Å². The topological polar surface area (TPSA) is 67.2 Å². The summed E-state index contributed by atoms with van der Waals surface area (Å²) in [6.45, 7) is 2.84. The summed E-state index contributed by atoms with van der Waals surface area (Å²) in [7, 11) is 0. The van der Waals surface area contributed by atoms with E-state index in [0.717, 1.165) is 18.7 Å². The van der Waals surface area contributed by atoms with Crippen molar-refractivity contribution >= 4 is 11.7 Å². The summed E-state index contributed by atoms with van der Waals surface area (Å²) < 4.78 is 1.76. The summed E-state index contributed by atoms with van der Waals surface area (Å²) in [5.41, 5.74) is 1.43. The van der Waals surface area contributed by atoms with E-state index in [-0.39, 0.29) is 0 Å². The Morgan fingerprint density at radius 1 is 1.42 bits per heavy atom. The highest BCUT2D eigenvalue weighted by Crippen LogP contribution is 2.19. The molecule has 0 fully saturated rings. The van der Waals surface area contributed by atoms with Gasteiger partial charge in [0.15, 0.2) is 6.04 Å². The molecule has 0 bridgehead atoms. The van der Waals surface area contributed by atoms with Crippen molar-refractivity contribution in [1.82, 2.24) is 9.78 Å². The normalized spacial score (nSPS) is 12.1. The molecule has 0 amide bonds. The Bertz CT molecular complexity index is 537. The molecule has 1 atom stereocenters. The van der Waals surface area contributed by atoms with E-state index in [0.29, 0.717) is 5.56 Å². The van der Waals surface area contributed by atoms with Gasteiger partial charge in [0.05, 0.1) is 6.20 Å². The smallest absolute Gasteiger partial charge is 0.330 e. The summed E-state index contributed by atoms with van der Waals surface area (Å²) in [4.78, 5) is 11.4. The number of para-hydroxylation sites is 1. The van der Waals surface area contributed by atoms with Crippen LogP contribution in [0.5, 0.6) is 0 Å². The van der Waals surface area contributed by atoms with E-state index in [2.05, 4.69) is 17.3 Å². The van der Waals surface area contributed by atoms with E-state index in [1.54, 1.807) is 17.1 Å². The molecule has 0 spiro atoms. The number of nitrogens with zero attached hydrogens (tertiary/aromatic N) is 2. The lowest BCUT2D eigenvalue weighted by atomic mass is 10.1. The Morgan fingerprint density at radius 3 is 2.79 bits per heavy atom. The molecular formula is C14H17N3O2. The monoisotopic (exact) mass is 259 g/mol. The fourth-order valence-electron chi connectivity index (χ4n) is 1.87. The first-order valence-corrected chi connectivity index (χ1v) is 6.27. The number of benzene rings is 1. The molecule has 5 nitrogen and oxygen atoms in total. The van der Waals surface area contributed by atoms with E-state index in [9.17, 15) is 9.90 Å². The van der Waals surface area contributed by atoms with Crippen LogP contribution in [0.3, 0.4) is 0 Å². The lowest BCUT2D eigenvalue weighted by Crippen LogP contribution is -2.20. The quantitative estimate of drug-likeness (QED) is 0.836. The molecule has 19 heavy (non-hydrogen) atoms. The molecule has 2 aromatic rings. The van der Waals surface area contributed by atoms with Crippen molar-refractivity contribution in [2.75, 3.05) is 5.32 Å². The van der Waals surface area contributed by atoms with Crippen LogP contribution in [0.1, 0.15) is 24.9 Å². The summed E-state index contributed by atoms with van der Waals surface area (Å²) in [5.74, 6) is -0.917. The Hall–Kier alpha value is -2.30. The molecule has 1 aromatic carbocycles. The van der Waals surface area contributed by atoms with E-state index >= 15 is 0 Å². The summed E-state index contributed by atoms with van der Waals surface area (Å²) >= 11 is 0. The molecule has 100 valence electrons. The minimum atomic E-state index is -0.917. The molecule has 2 rings (SSSR count). The average Bonchev–Trinajstić information content (AvgIpc) is 2.85. The molecule has 0 aliphatic carbocycles. The van der Waals surface area contributed by atoms with Gasteiger partial charge >= 0.3 is 5.97 Å². The number of aryl methyl sites for hydroxylation is 1. The summed E-state index contributed by atoms with van der Waals surface area (Å²) in [6, 6.07) is 8.51. The Kier molecular flexibility index (Phi) is 4.18. The van der Waals surface area contributed by atoms with Crippen LogP contribution in [0, 0.1) is 0 Å². The van der Waals surface area contributed by atoms with E-state index in [4.69, 9.17) is 0 Å². The summed E-state index contributed by atoms with van der Waals surface area (Å²) in [6.07, 6.45) is 4.34. The van der Waals surface area contributed by atoms with Crippen molar-refractivity contribution in [3.8, 4) is 0 Å². The fraction of sp³-hybridized carbons (Fsp3) is 0.286. The van der Waals surface area contributed by atoms with Gasteiger partial charge in [-0.3, -0.25) is 4.68 Å². The van der Waals surface area contributed by atoms with E-state index in [1.807, 2.05) is 30.3 Å². The SMILES string of the molecule is CCCn1cc(C(Nc2ccccc2)C(=O)O)cn1. The number of aliphatic carboxylic acids is 1. The van der Waals surface area contributed by atoms with Gasteiger partial charge in [-0.2, -0.15) is 5.10 Å². The first-order chi connectivity index (χ1) is 9.20. The maximum Gasteiger partial charge on any atom is 0.330 e. The number of carbonyl (C=O) groups is 1. The standard InChI is InChI=1S/C14H17N3O2/c1-2-8-17-10-11(9-15-17)13(14(18)19)16-12-6-4-3-5-7-12/h3-7,9-10,13,16H,2,8H2,1H3,(H,18,19). The van der Waals surface area contributed by atoms with Gasteiger partial charge in [-0.05, 0) is 18.6 Å². The fourth-order valence-corrected chi connectivity index (χ4v) is 1.87. The lowest BCUT2D eigenvalue weighted by Gasteiger charge is -2.14. The Balaban J connectivity index is 2.17. The third kappa shape index (κ3) is 3.34. The maximum atomic E-state index is 11.4. The molecule has 0 aliphatic heterocycles. The molecule has 2 N–H and O–H groups in total. The van der Waals surface area contributed by atoms with Gasteiger partial charge in [0.25, 0.3) is 0 Å². The van der Waals surface area contributed by atoms with Crippen LogP contribution in [-0.2, 0) is 11.3 Å². The van der Waals surface area contributed by atoms with Crippen molar-refractivity contribution in [1.29, 1.82) is 0 Å². The number of carboxylic acid groups (broad SMARTS) is 1. The van der Waals surface area contributed by atoms with Gasteiger partial charge in [0.2, 0.25) is 0 Å². The Labute approximate surface area is 111 Å². The molecule has 0 aliphatic rings. The number of carboxylic acids is 1. The van der Waals surface area contributed by atoms with Crippen LogP contribution in [0.4, 0.5) is 5.69 Å². The summed E-state index contributed by atoms with van der Waals surface area (Å²) in [5, 5.41) is 16.5. The van der Waals surface area contributed by atoms with E-state index in [1.165, 1.54) is 0 Å². The van der Waals surface area contributed by atoms with Crippen molar-refractivity contribution in [2.45, 2.75) is 25.9 Å². The predicted octanol–water partition coefficient (Wildman–Crippen LogP) is 2.53. The first-order valence-electron chi connectivity index (χ1n) is 6.27.